The minimum atomic E-state index is -0.290. The smallest absolute Gasteiger partial charge is 0.347 e. The summed E-state index contributed by atoms with van der Waals surface area (Å²) in [7, 11) is 1.99. The van der Waals surface area contributed by atoms with Crippen molar-refractivity contribution in [3.63, 3.8) is 0 Å². The Morgan fingerprint density at radius 2 is 1.90 bits per heavy atom. The highest BCUT2D eigenvalue weighted by atomic mass is 16.2. The largest absolute Gasteiger partial charge is 0.362 e. The molecule has 108 valence electrons. The van der Waals surface area contributed by atoms with E-state index in [4.69, 9.17) is 0 Å². The van der Waals surface area contributed by atoms with Gasteiger partial charge in [0.15, 0.2) is 0 Å². The SMILES string of the molecule is Cc1cccc(C)c1NC(=O)/N=C1\CC(C)(C)CN1C. The summed E-state index contributed by atoms with van der Waals surface area (Å²) in [5.41, 5.74) is 3.16. The van der Waals surface area contributed by atoms with Crippen LogP contribution in [-0.2, 0) is 0 Å². The number of urea groups is 1. The second-order valence-corrected chi connectivity index (χ2v) is 6.42. The summed E-state index contributed by atoms with van der Waals surface area (Å²) < 4.78 is 0. The predicted molar refractivity (Wildman–Crippen MR) is 83.4 cm³/mol. The summed E-state index contributed by atoms with van der Waals surface area (Å²) in [6, 6.07) is 5.67. The third-order valence-corrected chi connectivity index (χ3v) is 3.69. The van der Waals surface area contributed by atoms with E-state index >= 15 is 0 Å². The van der Waals surface area contributed by atoms with Crippen molar-refractivity contribution < 1.29 is 4.79 Å². The molecule has 4 heteroatoms. The monoisotopic (exact) mass is 273 g/mol. The molecule has 1 heterocycles. The zero-order chi connectivity index (χ0) is 14.9. The summed E-state index contributed by atoms with van der Waals surface area (Å²) >= 11 is 0. The average molecular weight is 273 g/mol. The van der Waals surface area contributed by atoms with Crippen LogP contribution in [0.5, 0.6) is 0 Å². The third kappa shape index (κ3) is 3.18. The summed E-state index contributed by atoms with van der Waals surface area (Å²) in [5, 5.41) is 2.90. The minimum Gasteiger partial charge on any atom is -0.362 e. The molecule has 0 radical (unpaired) electrons. The molecule has 4 nitrogen and oxygen atoms in total. The van der Waals surface area contributed by atoms with Crippen molar-refractivity contribution in [1.82, 2.24) is 4.90 Å². The maximum absolute atomic E-state index is 12.1. The van der Waals surface area contributed by atoms with Crippen molar-refractivity contribution >= 4 is 17.6 Å². The van der Waals surface area contributed by atoms with Gasteiger partial charge in [0.05, 0.1) is 0 Å². The Labute approximate surface area is 120 Å². The zero-order valence-electron chi connectivity index (χ0n) is 12.9. The molecule has 1 N–H and O–H groups in total. The van der Waals surface area contributed by atoms with Crippen molar-refractivity contribution in [3.8, 4) is 0 Å². The van der Waals surface area contributed by atoms with Crippen LogP contribution in [0.25, 0.3) is 0 Å². The van der Waals surface area contributed by atoms with Crippen molar-refractivity contribution in [3.05, 3.63) is 29.3 Å². The van der Waals surface area contributed by atoms with Gasteiger partial charge in [0.1, 0.15) is 5.84 Å². The second kappa shape index (κ2) is 5.27. The molecule has 0 atom stereocenters. The number of anilines is 1. The molecule has 1 aliphatic rings. The predicted octanol–water partition coefficient (Wildman–Crippen LogP) is 3.60. The van der Waals surface area contributed by atoms with Crippen LogP contribution in [0.1, 0.15) is 31.4 Å². The Morgan fingerprint density at radius 1 is 1.30 bits per heavy atom. The average Bonchev–Trinajstić information content (AvgIpc) is 2.57. The zero-order valence-corrected chi connectivity index (χ0v) is 12.9. The normalized spacial score (nSPS) is 19.4. The molecule has 0 aliphatic carbocycles. The van der Waals surface area contributed by atoms with E-state index < -0.39 is 0 Å². The van der Waals surface area contributed by atoms with Gasteiger partial charge in [-0.3, -0.25) is 0 Å². The number of nitrogens with one attached hydrogen (secondary N) is 1. The van der Waals surface area contributed by atoms with Crippen molar-refractivity contribution in [2.75, 3.05) is 18.9 Å². The molecule has 20 heavy (non-hydrogen) atoms. The number of amides is 2. The fraction of sp³-hybridized carbons (Fsp3) is 0.500. The Hall–Kier alpha value is -1.84. The lowest BCUT2D eigenvalue weighted by molar-refractivity contribution is 0.259. The second-order valence-electron chi connectivity index (χ2n) is 6.42. The van der Waals surface area contributed by atoms with Crippen LogP contribution in [0.2, 0.25) is 0 Å². The lowest BCUT2D eigenvalue weighted by Gasteiger charge is -2.15. The topological polar surface area (TPSA) is 44.7 Å². The quantitative estimate of drug-likeness (QED) is 0.849. The summed E-state index contributed by atoms with van der Waals surface area (Å²) in [4.78, 5) is 18.4. The number of aliphatic imine (C=N–C) groups is 1. The van der Waals surface area contributed by atoms with Crippen LogP contribution in [0.15, 0.2) is 23.2 Å². The highest BCUT2D eigenvalue weighted by Crippen LogP contribution is 2.29. The maximum atomic E-state index is 12.1. The van der Waals surface area contributed by atoms with Crippen molar-refractivity contribution in [1.29, 1.82) is 0 Å². The van der Waals surface area contributed by atoms with E-state index in [1.807, 2.05) is 39.1 Å². The highest BCUT2D eigenvalue weighted by molar-refractivity contribution is 6.01. The van der Waals surface area contributed by atoms with E-state index in [9.17, 15) is 4.79 Å². The van der Waals surface area contributed by atoms with Gasteiger partial charge in [-0.15, -0.1) is 0 Å². The van der Waals surface area contributed by atoms with E-state index in [2.05, 4.69) is 29.1 Å². The fourth-order valence-corrected chi connectivity index (χ4v) is 2.74. The van der Waals surface area contributed by atoms with Crippen molar-refractivity contribution in [2.24, 2.45) is 10.4 Å². The van der Waals surface area contributed by atoms with Gasteiger partial charge < -0.3 is 10.2 Å². The Kier molecular flexibility index (Phi) is 3.84. The molecule has 2 rings (SSSR count). The van der Waals surface area contributed by atoms with E-state index in [1.165, 1.54) is 0 Å². The Morgan fingerprint density at radius 3 is 2.40 bits per heavy atom. The molecule has 0 aromatic heterocycles. The van der Waals surface area contributed by atoms with E-state index in [-0.39, 0.29) is 11.4 Å². The first-order valence-electron chi connectivity index (χ1n) is 6.94. The molecule has 1 aromatic carbocycles. The van der Waals surface area contributed by atoms with Crippen LogP contribution in [0, 0.1) is 19.3 Å². The number of nitrogens with zero attached hydrogens (tertiary/aromatic N) is 2. The van der Waals surface area contributed by atoms with Gasteiger partial charge >= 0.3 is 6.03 Å². The number of hydrogen-bond donors (Lipinski definition) is 1. The molecule has 0 unspecified atom stereocenters. The highest BCUT2D eigenvalue weighted by Gasteiger charge is 2.32. The van der Waals surface area contributed by atoms with Gasteiger partial charge in [-0.1, -0.05) is 32.0 Å². The number of benzene rings is 1. The van der Waals surface area contributed by atoms with Gasteiger partial charge in [-0.05, 0) is 30.4 Å². The first kappa shape index (κ1) is 14.6. The van der Waals surface area contributed by atoms with Gasteiger partial charge in [0.2, 0.25) is 0 Å². The molecule has 0 spiro atoms. The van der Waals surface area contributed by atoms with E-state index in [0.29, 0.717) is 0 Å². The molecule has 1 aromatic rings. The fourth-order valence-electron chi connectivity index (χ4n) is 2.74. The van der Waals surface area contributed by atoms with Gasteiger partial charge in [-0.25, -0.2) is 4.79 Å². The Balaban J connectivity index is 2.14. The number of rotatable bonds is 1. The molecule has 0 saturated carbocycles. The number of amidine groups is 1. The standard InChI is InChI=1S/C16H23N3O/c1-11-7-6-8-12(2)14(11)18-15(20)17-13-9-16(3,4)10-19(13)5/h6-8H,9-10H2,1-5H3,(H,18,20)/b17-13+. The third-order valence-electron chi connectivity index (χ3n) is 3.69. The first-order chi connectivity index (χ1) is 9.28. The number of para-hydroxylation sites is 1. The van der Waals surface area contributed by atoms with Crippen LogP contribution in [-0.4, -0.2) is 30.4 Å². The molecule has 2 amide bonds. The summed E-state index contributed by atoms with van der Waals surface area (Å²) in [6.07, 6.45) is 0.837. The lowest BCUT2D eigenvalue weighted by Crippen LogP contribution is -2.23. The molecule has 0 bridgehead atoms. The van der Waals surface area contributed by atoms with Gasteiger partial charge in [0, 0.05) is 25.7 Å². The van der Waals surface area contributed by atoms with Crippen LogP contribution in [0.3, 0.4) is 0 Å². The molecular formula is C16H23N3O. The van der Waals surface area contributed by atoms with Gasteiger partial charge in [-0.2, -0.15) is 4.99 Å². The van der Waals surface area contributed by atoms with E-state index in [0.717, 1.165) is 35.6 Å². The molecular weight excluding hydrogens is 250 g/mol. The van der Waals surface area contributed by atoms with Crippen molar-refractivity contribution in [2.45, 2.75) is 34.1 Å². The first-order valence-corrected chi connectivity index (χ1v) is 6.94. The van der Waals surface area contributed by atoms with E-state index in [1.54, 1.807) is 0 Å². The molecule has 1 fully saturated rings. The Bertz CT molecular complexity index is 541. The summed E-state index contributed by atoms with van der Waals surface area (Å²) in [6.45, 7) is 9.29. The van der Waals surface area contributed by atoms with Crippen LogP contribution >= 0.6 is 0 Å². The molecule has 1 saturated heterocycles. The lowest BCUT2D eigenvalue weighted by atomic mass is 9.93. The van der Waals surface area contributed by atoms with Crippen LogP contribution < -0.4 is 5.32 Å². The number of likely N-dealkylation sites (tertiary alicyclic amines) is 1. The number of hydrogen-bond acceptors (Lipinski definition) is 1. The van der Waals surface area contributed by atoms with Crippen LogP contribution in [0.4, 0.5) is 10.5 Å². The number of carbonyl (C=O) groups is 1. The minimum absolute atomic E-state index is 0.187. The number of aryl methyl sites for hydroxylation is 2. The summed E-state index contributed by atoms with van der Waals surface area (Å²) in [5.74, 6) is 0.860. The van der Waals surface area contributed by atoms with Gasteiger partial charge in [0.25, 0.3) is 0 Å². The number of carbonyl (C=O) groups excluding carboxylic acids is 1. The maximum Gasteiger partial charge on any atom is 0.347 e. The molecule has 1 aliphatic heterocycles.